The SMILES string of the molecule is Cc1cc(C(=O)N2CCC(CCOc3ccccc3)CC2)no1. The van der Waals surface area contributed by atoms with Crippen molar-refractivity contribution >= 4 is 5.91 Å². The third-order valence-electron chi connectivity index (χ3n) is 4.29. The molecule has 1 aliphatic rings. The Bertz CT molecular complexity index is 631. The van der Waals surface area contributed by atoms with E-state index in [1.165, 1.54) is 0 Å². The molecular formula is C18H22N2O3. The number of likely N-dealkylation sites (tertiary alicyclic amines) is 1. The summed E-state index contributed by atoms with van der Waals surface area (Å²) >= 11 is 0. The standard InChI is InChI=1S/C18H22N2O3/c1-14-13-17(19-23-14)18(21)20-10-7-15(8-11-20)9-12-22-16-5-3-2-4-6-16/h2-6,13,15H,7-12H2,1H3. The van der Waals surface area contributed by atoms with E-state index in [1.54, 1.807) is 13.0 Å². The fourth-order valence-electron chi connectivity index (χ4n) is 2.91. The van der Waals surface area contributed by atoms with Gasteiger partial charge < -0.3 is 14.2 Å². The highest BCUT2D eigenvalue weighted by Gasteiger charge is 2.25. The van der Waals surface area contributed by atoms with Crippen molar-refractivity contribution < 1.29 is 14.1 Å². The van der Waals surface area contributed by atoms with E-state index in [9.17, 15) is 4.79 Å². The lowest BCUT2D eigenvalue weighted by Crippen LogP contribution is -2.38. The van der Waals surface area contributed by atoms with Gasteiger partial charge in [0.25, 0.3) is 5.91 Å². The average Bonchev–Trinajstić information content (AvgIpc) is 3.02. The van der Waals surface area contributed by atoms with E-state index in [2.05, 4.69) is 5.16 Å². The number of piperidine rings is 1. The van der Waals surface area contributed by atoms with Crippen LogP contribution in [0.25, 0.3) is 0 Å². The van der Waals surface area contributed by atoms with Crippen molar-refractivity contribution in [3.63, 3.8) is 0 Å². The second-order valence-corrected chi connectivity index (χ2v) is 6.01. The zero-order valence-corrected chi connectivity index (χ0v) is 13.4. The van der Waals surface area contributed by atoms with E-state index < -0.39 is 0 Å². The van der Waals surface area contributed by atoms with E-state index in [1.807, 2.05) is 35.2 Å². The predicted molar refractivity (Wildman–Crippen MR) is 86.4 cm³/mol. The summed E-state index contributed by atoms with van der Waals surface area (Å²) in [6.07, 6.45) is 3.06. The van der Waals surface area contributed by atoms with Crippen LogP contribution in [0.1, 0.15) is 35.5 Å². The van der Waals surface area contributed by atoms with E-state index in [0.717, 1.165) is 44.7 Å². The molecule has 0 bridgehead atoms. The molecule has 5 heteroatoms. The molecule has 122 valence electrons. The molecule has 1 fully saturated rings. The maximum atomic E-state index is 12.3. The fraction of sp³-hybridized carbons (Fsp3) is 0.444. The summed E-state index contributed by atoms with van der Waals surface area (Å²) in [4.78, 5) is 14.2. The number of benzene rings is 1. The number of nitrogens with zero attached hydrogens (tertiary/aromatic N) is 2. The van der Waals surface area contributed by atoms with Crippen LogP contribution in [-0.4, -0.2) is 35.7 Å². The van der Waals surface area contributed by atoms with Crippen LogP contribution in [0, 0.1) is 12.8 Å². The lowest BCUT2D eigenvalue weighted by Gasteiger charge is -2.31. The molecule has 5 nitrogen and oxygen atoms in total. The molecule has 1 aliphatic heterocycles. The van der Waals surface area contributed by atoms with Crippen LogP contribution >= 0.6 is 0 Å². The first kappa shape index (κ1) is 15.6. The average molecular weight is 314 g/mol. The maximum absolute atomic E-state index is 12.3. The number of ether oxygens (including phenoxy) is 1. The van der Waals surface area contributed by atoms with Crippen molar-refractivity contribution in [1.29, 1.82) is 0 Å². The minimum Gasteiger partial charge on any atom is -0.494 e. The molecule has 2 aromatic rings. The van der Waals surface area contributed by atoms with Gasteiger partial charge >= 0.3 is 0 Å². The highest BCUT2D eigenvalue weighted by Crippen LogP contribution is 2.22. The molecule has 3 rings (SSSR count). The molecule has 0 aliphatic carbocycles. The van der Waals surface area contributed by atoms with Crippen molar-refractivity contribution in [1.82, 2.24) is 10.1 Å². The Balaban J connectivity index is 1.41. The Morgan fingerprint density at radius 1 is 1.30 bits per heavy atom. The number of hydrogen-bond donors (Lipinski definition) is 0. The molecule has 0 radical (unpaired) electrons. The van der Waals surface area contributed by atoms with Gasteiger partial charge in [-0.15, -0.1) is 0 Å². The number of para-hydroxylation sites is 1. The molecule has 1 amide bonds. The molecule has 0 saturated carbocycles. The Hall–Kier alpha value is -2.30. The van der Waals surface area contributed by atoms with E-state index in [0.29, 0.717) is 17.4 Å². The Labute approximate surface area is 136 Å². The maximum Gasteiger partial charge on any atom is 0.276 e. The van der Waals surface area contributed by atoms with Gasteiger partial charge in [-0.3, -0.25) is 4.79 Å². The summed E-state index contributed by atoms with van der Waals surface area (Å²) in [6.45, 7) is 4.08. The zero-order valence-electron chi connectivity index (χ0n) is 13.4. The number of aryl methyl sites for hydroxylation is 1. The van der Waals surface area contributed by atoms with Gasteiger partial charge in [0.15, 0.2) is 5.69 Å². The van der Waals surface area contributed by atoms with Crippen molar-refractivity contribution in [2.24, 2.45) is 5.92 Å². The molecule has 0 unspecified atom stereocenters. The van der Waals surface area contributed by atoms with Crippen LogP contribution in [0.4, 0.5) is 0 Å². The minimum absolute atomic E-state index is 0.0270. The van der Waals surface area contributed by atoms with Crippen LogP contribution in [0.3, 0.4) is 0 Å². The lowest BCUT2D eigenvalue weighted by atomic mass is 9.94. The van der Waals surface area contributed by atoms with Crippen LogP contribution < -0.4 is 4.74 Å². The molecule has 0 spiro atoms. The first-order valence-electron chi connectivity index (χ1n) is 8.13. The molecular weight excluding hydrogens is 292 g/mol. The van der Waals surface area contributed by atoms with Gasteiger partial charge in [-0.25, -0.2) is 0 Å². The molecule has 23 heavy (non-hydrogen) atoms. The van der Waals surface area contributed by atoms with Gasteiger partial charge in [0.2, 0.25) is 0 Å². The summed E-state index contributed by atoms with van der Waals surface area (Å²) in [5, 5.41) is 3.81. The van der Waals surface area contributed by atoms with Crippen LogP contribution in [0.2, 0.25) is 0 Å². The number of amides is 1. The van der Waals surface area contributed by atoms with Crippen LogP contribution in [-0.2, 0) is 0 Å². The smallest absolute Gasteiger partial charge is 0.276 e. The third kappa shape index (κ3) is 4.12. The van der Waals surface area contributed by atoms with E-state index in [-0.39, 0.29) is 5.91 Å². The Kier molecular flexibility index (Phi) is 4.95. The Morgan fingerprint density at radius 3 is 2.70 bits per heavy atom. The number of rotatable bonds is 5. The lowest BCUT2D eigenvalue weighted by molar-refractivity contribution is 0.0669. The van der Waals surface area contributed by atoms with E-state index >= 15 is 0 Å². The molecule has 1 saturated heterocycles. The van der Waals surface area contributed by atoms with Gasteiger partial charge in [0, 0.05) is 19.2 Å². The summed E-state index contributed by atoms with van der Waals surface area (Å²) in [7, 11) is 0. The quantitative estimate of drug-likeness (QED) is 0.849. The largest absolute Gasteiger partial charge is 0.494 e. The number of carbonyl (C=O) groups excluding carboxylic acids is 1. The number of hydrogen-bond acceptors (Lipinski definition) is 4. The van der Waals surface area contributed by atoms with Crippen molar-refractivity contribution in [2.75, 3.05) is 19.7 Å². The topological polar surface area (TPSA) is 55.6 Å². The first-order valence-corrected chi connectivity index (χ1v) is 8.13. The highest BCUT2D eigenvalue weighted by molar-refractivity contribution is 5.92. The monoisotopic (exact) mass is 314 g/mol. The number of aromatic nitrogens is 1. The summed E-state index contributed by atoms with van der Waals surface area (Å²) in [6, 6.07) is 11.6. The van der Waals surface area contributed by atoms with Crippen LogP contribution in [0.15, 0.2) is 40.9 Å². The number of carbonyl (C=O) groups is 1. The van der Waals surface area contributed by atoms with Gasteiger partial charge in [0.05, 0.1) is 6.61 Å². The van der Waals surface area contributed by atoms with Crippen molar-refractivity contribution in [2.45, 2.75) is 26.2 Å². The summed E-state index contributed by atoms with van der Waals surface area (Å²) in [5.74, 6) is 2.17. The normalized spacial score (nSPS) is 15.6. The summed E-state index contributed by atoms with van der Waals surface area (Å²) in [5.41, 5.74) is 0.411. The molecule has 2 heterocycles. The van der Waals surface area contributed by atoms with Gasteiger partial charge in [0.1, 0.15) is 11.5 Å². The van der Waals surface area contributed by atoms with Gasteiger partial charge in [-0.2, -0.15) is 0 Å². The fourth-order valence-corrected chi connectivity index (χ4v) is 2.91. The van der Waals surface area contributed by atoms with Gasteiger partial charge in [-0.05, 0) is 44.2 Å². The summed E-state index contributed by atoms with van der Waals surface area (Å²) < 4.78 is 10.7. The zero-order chi connectivity index (χ0) is 16.1. The predicted octanol–water partition coefficient (Wildman–Crippen LogP) is 3.30. The highest BCUT2D eigenvalue weighted by atomic mass is 16.5. The second kappa shape index (κ2) is 7.31. The van der Waals surface area contributed by atoms with Crippen molar-refractivity contribution in [3.8, 4) is 5.75 Å². The van der Waals surface area contributed by atoms with Crippen molar-refractivity contribution in [3.05, 3.63) is 47.9 Å². The third-order valence-corrected chi connectivity index (χ3v) is 4.29. The molecule has 1 aromatic carbocycles. The molecule has 0 atom stereocenters. The minimum atomic E-state index is -0.0270. The van der Waals surface area contributed by atoms with Crippen LogP contribution in [0.5, 0.6) is 5.75 Å². The second-order valence-electron chi connectivity index (χ2n) is 6.01. The molecule has 0 N–H and O–H groups in total. The Morgan fingerprint density at radius 2 is 2.04 bits per heavy atom. The van der Waals surface area contributed by atoms with Gasteiger partial charge in [-0.1, -0.05) is 23.4 Å². The first-order chi connectivity index (χ1) is 11.2. The molecule has 1 aromatic heterocycles. The van der Waals surface area contributed by atoms with E-state index in [4.69, 9.17) is 9.26 Å².